The fraction of sp³-hybridized carbons (Fsp3) is 0.654. The number of piperidine rings is 1. The normalized spacial score (nSPS) is 31.1. The maximum absolute atomic E-state index is 10.9. The number of methoxy groups -OCH3 is 1. The zero-order chi connectivity index (χ0) is 23.0. The van der Waals surface area contributed by atoms with Crippen LogP contribution in [-0.2, 0) is 30.8 Å². The third-order valence-electron chi connectivity index (χ3n) is 7.85. The van der Waals surface area contributed by atoms with Crippen molar-refractivity contribution in [3.63, 3.8) is 0 Å². The van der Waals surface area contributed by atoms with Gasteiger partial charge in [0.1, 0.15) is 12.2 Å². The minimum atomic E-state index is -0.220. The number of ether oxygens (including phenoxy) is 5. The number of unbranched alkanes of at least 4 members (excludes halogenated alkanes) is 2. The Hall–Kier alpha value is -2.09. The Morgan fingerprint density at radius 2 is 2.06 bits per heavy atom. The molecule has 5 rings (SSSR count). The van der Waals surface area contributed by atoms with Crippen molar-refractivity contribution in [2.45, 2.75) is 62.7 Å². The molecule has 0 aromatic heterocycles. The van der Waals surface area contributed by atoms with E-state index in [1.807, 2.05) is 6.07 Å². The molecule has 180 valence electrons. The summed E-state index contributed by atoms with van der Waals surface area (Å²) in [4.78, 5) is 13.4. The summed E-state index contributed by atoms with van der Waals surface area (Å²) in [7, 11) is 3.88. The van der Waals surface area contributed by atoms with Gasteiger partial charge in [-0.1, -0.05) is 18.2 Å². The van der Waals surface area contributed by atoms with Gasteiger partial charge in [-0.2, -0.15) is 0 Å². The number of likely N-dealkylation sites (tertiary alicyclic amines) is 1. The van der Waals surface area contributed by atoms with Crippen LogP contribution < -0.4 is 9.47 Å². The summed E-state index contributed by atoms with van der Waals surface area (Å²) < 4.78 is 29.2. The molecule has 33 heavy (non-hydrogen) atoms. The number of nitrogens with zero attached hydrogens (tertiary/aromatic N) is 1. The molecule has 1 aromatic carbocycles. The molecule has 1 fully saturated rings. The van der Waals surface area contributed by atoms with Crippen LogP contribution in [0, 0.1) is 5.92 Å². The van der Waals surface area contributed by atoms with Crippen molar-refractivity contribution in [1.29, 1.82) is 0 Å². The molecule has 1 aromatic rings. The number of benzene rings is 1. The Morgan fingerprint density at radius 1 is 1.21 bits per heavy atom. The fourth-order valence-corrected chi connectivity index (χ4v) is 6.40. The van der Waals surface area contributed by atoms with Crippen LogP contribution in [0.1, 0.15) is 43.7 Å². The Labute approximate surface area is 196 Å². The number of esters is 1. The molecule has 2 bridgehead atoms. The number of rotatable bonds is 10. The first-order valence-electron chi connectivity index (χ1n) is 12.1. The average molecular weight is 458 g/mol. The van der Waals surface area contributed by atoms with Crippen LogP contribution in [0.2, 0.25) is 0 Å². The highest BCUT2D eigenvalue weighted by molar-refractivity contribution is 5.65. The Bertz CT molecular complexity index is 916. The van der Waals surface area contributed by atoms with Crippen molar-refractivity contribution >= 4 is 5.97 Å². The Morgan fingerprint density at radius 3 is 2.88 bits per heavy atom. The van der Waals surface area contributed by atoms with E-state index in [2.05, 4.69) is 30.2 Å². The molecule has 2 unspecified atom stereocenters. The van der Waals surface area contributed by atoms with Crippen LogP contribution >= 0.6 is 0 Å². The van der Waals surface area contributed by atoms with Crippen LogP contribution in [-0.4, -0.2) is 69.8 Å². The molecular weight excluding hydrogens is 422 g/mol. The smallest absolute Gasteiger partial charge is 0.302 e. The number of hydrogen-bond donors (Lipinski definition) is 0. The van der Waals surface area contributed by atoms with E-state index in [4.69, 9.17) is 23.7 Å². The molecule has 2 aliphatic heterocycles. The van der Waals surface area contributed by atoms with Crippen molar-refractivity contribution in [2.75, 3.05) is 40.7 Å². The second-order valence-corrected chi connectivity index (χ2v) is 9.71. The standard InChI is InChI=1S/C26H35NO6/c1-17(28)30-13-5-4-6-14-31-22-10-8-19-20-15-18-7-9-21(32-16-29-3)24-23(18)26(19,25(22)33-24)11-12-27(20)2/h7-10,19-20,22,25H,4-6,11-16H2,1-3H3/t19-,20+,22?,25?,26-/m0/s1. The minimum absolute atomic E-state index is 0.0499. The maximum Gasteiger partial charge on any atom is 0.302 e. The average Bonchev–Trinajstić information content (AvgIpc) is 3.15. The molecule has 1 spiro atoms. The summed E-state index contributed by atoms with van der Waals surface area (Å²) >= 11 is 0. The second kappa shape index (κ2) is 9.28. The van der Waals surface area contributed by atoms with Gasteiger partial charge in [-0.15, -0.1) is 0 Å². The Balaban J connectivity index is 1.36. The number of carbonyl (C=O) groups is 1. The SMILES string of the molecule is COCOc1ccc2c3c1OC1C(OCCCCCOC(C)=O)C=C[C@H]4[C@@H](C2)N(C)CC[C@]314. The van der Waals surface area contributed by atoms with E-state index in [0.29, 0.717) is 25.2 Å². The molecule has 7 nitrogen and oxygen atoms in total. The molecule has 5 atom stereocenters. The van der Waals surface area contributed by atoms with Crippen molar-refractivity contribution in [3.05, 3.63) is 35.4 Å². The van der Waals surface area contributed by atoms with Gasteiger partial charge >= 0.3 is 5.97 Å². The number of likely N-dealkylation sites (N-methyl/N-ethyl adjacent to an activating group) is 1. The molecule has 4 aliphatic rings. The monoisotopic (exact) mass is 457 g/mol. The predicted molar refractivity (Wildman–Crippen MR) is 123 cm³/mol. The summed E-state index contributed by atoms with van der Waals surface area (Å²) in [5, 5.41) is 0. The first-order valence-corrected chi connectivity index (χ1v) is 12.1. The highest BCUT2D eigenvalue weighted by Crippen LogP contribution is 2.62. The van der Waals surface area contributed by atoms with Gasteiger partial charge in [-0.25, -0.2) is 0 Å². The lowest BCUT2D eigenvalue weighted by molar-refractivity contribution is -0.141. The van der Waals surface area contributed by atoms with Gasteiger partial charge in [0.15, 0.2) is 18.3 Å². The maximum atomic E-state index is 10.9. The zero-order valence-corrected chi connectivity index (χ0v) is 19.9. The molecule has 0 amide bonds. The summed E-state index contributed by atoms with van der Waals surface area (Å²) in [6, 6.07) is 4.73. The third kappa shape index (κ3) is 3.84. The largest absolute Gasteiger partial charge is 0.482 e. The second-order valence-electron chi connectivity index (χ2n) is 9.71. The van der Waals surface area contributed by atoms with E-state index in [9.17, 15) is 4.79 Å². The highest BCUT2D eigenvalue weighted by atomic mass is 16.7. The van der Waals surface area contributed by atoms with E-state index in [1.165, 1.54) is 18.1 Å². The summed E-state index contributed by atoms with van der Waals surface area (Å²) in [5.41, 5.74) is 2.65. The molecule has 2 heterocycles. The summed E-state index contributed by atoms with van der Waals surface area (Å²) in [5.74, 6) is 1.85. The number of carbonyl (C=O) groups excluding carboxylic acids is 1. The topological polar surface area (TPSA) is 66.5 Å². The van der Waals surface area contributed by atoms with E-state index < -0.39 is 0 Å². The molecular formula is C26H35NO6. The van der Waals surface area contributed by atoms with Gasteiger partial charge in [0, 0.05) is 43.6 Å². The Kier molecular flexibility index (Phi) is 6.38. The van der Waals surface area contributed by atoms with Gasteiger partial charge in [0.05, 0.1) is 6.61 Å². The van der Waals surface area contributed by atoms with Gasteiger partial charge in [-0.3, -0.25) is 4.79 Å². The zero-order valence-electron chi connectivity index (χ0n) is 19.9. The van der Waals surface area contributed by atoms with Crippen molar-refractivity contribution in [2.24, 2.45) is 5.92 Å². The van der Waals surface area contributed by atoms with Crippen LogP contribution in [0.4, 0.5) is 0 Å². The lowest BCUT2D eigenvalue weighted by Gasteiger charge is -2.56. The van der Waals surface area contributed by atoms with E-state index >= 15 is 0 Å². The molecule has 0 radical (unpaired) electrons. The van der Waals surface area contributed by atoms with Crippen molar-refractivity contribution < 1.29 is 28.5 Å². The lowest BCUT2D eigenvalue weighted by atomic mass is 9.53. The summed E-state index contributed by atoms with van der Waals surface area (Å²) in [6.07, 6.45) is 9.32. The van der Waals surface area contributed by atoms with Gasteiger partial charge in [0.2, 0.25) is 0 Å². The first kappa shape index (κ1) is 22.7. The van der Waals surface area contributed by atoms with Crippen LogP contribution in [0.15, 0.2) is 24.3 Å². The van der Waals surface area contributed by atoms with Gasteiger partial charge in [-0.05, 0) is 57.3 Å². The first-order chi connectivity index (χ1) is 16.1. The molecule has 1 saturated heterocycles. The third-order valence-corrected chi connectivity index (χ3v) is 7.85. The fourth-order valence-electron chi connectivity index (χ4n) is 6.40. The molecule has 2 aliphatic carbocycles. The minimum Gasteiger partial charge on any atom is -0.482 e. The van der Waals surface area contributed by atoms with E-state index in [0.717, 1.165) is 50.1 Å². The highest BCUT2D eigenvalue weighted by Gasteiger charge is 2.64. The van der Waals surface area contributed by atoms with Crippen LogP contribution in [0.3, 0.4) is 0 Å². The van der Waals surface area contributed by atoms with Crippen LogP contribution in [0.25, 0.3) is 0 Å². The quantitative estimate of drug-likeness (QED) is 0.231. The van der Waals surface area contributed by atoms with Crippen LogP contribution in [0.5, 0.6) is 11.5 Å². The van der Waals surface area contributed by atoms with E-state index in [-0.39, 0.29) is 30.4 Å². The van der Waals surface area contributed by atoms with Gasteiger partial charge in [0.25, 0.3) is 0 Å². The van der Waals surface area contributed by atoms with Crippen molar-refractivity contribution in [3.8, 4) is 11.5 Å². The van der Waals surface area contributed by atoms with E-state index in [1.54, 1.807) is 7.11 Å². The summed E-state index contributed by atoms with van der Waals surface area (Å²) in [6.45, 7) is 3.84. The lowest BCUT2D eigenvalue weighted by Crippen LogP contribution is -2.65. The molecule has 0 saturated carbocycles. The molecule has 7 heteroatoms. The molecule has 0 N–H and O–H groups in total. The van der Waals surface area contributed by atoms with Crippen molar-refractivity contribution in [1.82, 2.24) is 4.90 Å². The number of hydrogen-bond acceptors (Lipinski definition) is 7. The van der Waals surface area contributed by atoms with Gasteiger partial charge < -0.3 is 28.6 Å². The predicted octanol–water partition coefficient (Wildman–Crippen LogP) is 3.23.